The molecule has 2 heterocycles. The predicted octanol–water partition coefficient (Wildman–Crippen LogP) is 2.49. The molecule has 1 aromatic carbocycles. The van der Waals surface area contributed by atoms with Gasteiger partial charge in [0.25, 0.3) is 5.91 Å². The first-order valence-corrected chi connectivity index (χ1v) is 8.16. The molecular formula is C18H23N3O2. The second-order valence-corrected chi connectivity index (χ2v) is 5.98. The molecule has 0 saturated carbocycles. The Labute approximate surface area is 136 Å². The van der Waals surface area contributed by atoms with Crippen molar-refractivity contribution in [3.63, 3.8) is 0 Å². The summed E-state index contributed by atoms with van der Waals surface area (Å²) in [6.45, 7) is 3.37. The highest BCUT2D eigenvalue weighted by Crippen LogP contribution is 2.33. The lowest BCUT2D eigenvalue weighted by Crippen LogP contribution is -2.30. The average Bonchev–Trinajstić information content (AvgIpc) is 3.19. The Kier molecular flexibility index (Phi) is 4.76. The quantitative estimate of drug-likeness (QED) is 0.922. The molecule has 23 heavy (non-hydrogen) atoms. The number of amides is 1. The Hall–Kier alpha value is -2.14. The summed E-state index contributed by atoms with van der Waals surface area (Å²) >= 11 is 0. The molecule has 122 valence electrons. The maximum Gasteiger partial charge on any atom is 0.254 e. The van der Waals surface area contributed by atoms with Crippen LogP contribution in [0.5, 0.6) is 0 Å². The van der Waals surface area contributed by atoms with Crippen molar-refractivity contribution in [3.05, 3.63) is 53.3 Å². The Morgan fingerprint density at radius 3 is 2.91 bits per heavy atom. The van der Waals surface area contributed by atoms with Crippen LogP contribution in [-0.4, -0.2) is 28.8 Å². The first kappa shape index (κ1) is 15.7. The molecule has 0 aliphatic carbocycles. The van der Waals surface area contributed by atoms with Crippen molar-refractivity contribution in [1.29, 1.82) is 0 Å². The number of benzene rings is 1. The van der Waals surface area contributed by atoms with Gasteiger partial charge >= 0.3 is 0 Å². The van der Waals surface area contributed by atoms with Crippen molar-refractivity contribution in [2.45, 2.75) is 25.9 Å². The maximum absolute atomic E-state index is 12.4. The molecule has 1 aliphatic heterocycles. The van der Waals surface area contributed by atoms with E-state index >= 15 is 0 Å². The van der Waals surface area contributed by atoms with Crippen LogP contribution in [0.15, 0.2) is 36.5 Å². The van der Waals surface area contributed by atoms with Gasteiger partial charge in [0.2, 0.25) is 0 Å². The minimum absolute atomic E-state index is 0.0475. The first-order valence-electron chi connectivity index (χ1n) is 8.16. The van der Waals surface area contributed by atoms with Crippen molar-refractivity contribution >= 4 is 5.91 Å². The number of nitrogens with one attached hydrogen (secondary N) is 1. The van der Waals surface area contributed by atoms with E-state index in [1.165, 1.54) is 5.56 Å². The van der Waals surface area contributed by atoms with Gasteiger partial charge in [-0.1, -0.05) is 37.3 Å². The third kappa shape index (κ3) is 3.45. The monoisotopic (exact) mass is 313 g/mol. The molecule has 1 aliphatic rings. The highest BCUT2D eigenvalue weighted by atomic mass is 16.5. The van der Waals surface area contributed by atoms with Gasteiger partial charge in [-0.2, -0.15) is 5.10 Å². The number of carbonyl (C=O) groups excluding carboxylic acids is 1. The molecule has 0 radical (unpaired) electrons. The second-order valence-electron chi connectivity index (χ2n) is 5.98. The Morgan fingerprint density at radius 2 is 2.17 bits per heavy atom. The van der Waals surface area contributed by atoms with Crippen LogP contribution >= 0.6 is 0 Å². The fourth-order valence-corrected chi connectivity index (χ4v) is 3.16. The van der Waals surface area contributed by atoms with E-state index in [0.29, 0.717) is 18.0 Å². The van der Waals surface area contributed by atoms with E-state index in [1.54, 1.807) is 10.9 Å². The Balaban J connectivity index is 1.64. The van der Waals surface area contributed by atoms with Crippen LogP contribution in [0.1, 0.15) is 41.1 Å². The summed E-state index contributed by atoms with van der Waals surface area (Å²) < 4.78 is 7.56. The van der Waals surface area contributed by atoms with E-state index in [-0.39, 0.29) is 12.0 Å². The van der Waals surface area contributed by atoms with Crippen molar-refractivity contribution in [3.8, 4) is 0 Å². The zero-order valence-electron chi connectivity index (χ0n) is 13.7. The van der Waals surface area contributed by atoms with E-state index in [1.807, 2.05) is 32.2 Å². The number of carbonyl (C=O) groups is 1. The van der Waals surface area contributed by atoms with Gasteiger partial charge in [0.15, 0.2) is 0 Å². The molecule has 3 rings (SSSR count). The van der Waals surface area contributed by atoms with Crippen molar-refractivity contribution in [1.82, 2.24) is 15.1 Å². The molecule has 0 unspecified atom stereocenters. The lowest BCUT2D eigenvalue weighted by molar-refractivity contribution is 0.0846. The Bertz CT molecular complexity index is 666. The van der Waals surface area contributed by atoms with Crippen molar-refractivity contribution in [2.24, 2.45) is 13.0 Å². The zero-order chi connectivity index (χ0) is 16.2. The van der Waals surface area contributed by atoms with E-state index in [4.69, 9.17) is 4.74 Å². The highest BCUT2D eigenvalue weighted by molar-refractivity contribution is 5.95. The van der Waals surface area contributed by atoms with Gasteiger partial charge in [-0.15, -0.1) is 0 Å². The smallest absolute Gasteiger partial charge is 0.254 e. The van der Waals surface area contributed by atoms with E-state index in [9.17, 15) is 4.79 Å². The summed E-state index contributed by atoms with van der Waals surface area (Å²) in [6, 6.07) is 10.2. The molecule has 5 nitrogen and oxygen atoms in total. The topological polar surface area (TPSA) is 56.2 Å². The van der Waals surface area contributed by atoms with Crippen LogP contribution in [0.3, 0.4) is 0 Å². The first-order chi connectivity index (χ1) is 11.2. The predicted molar refractivity (Wildman–Crippen MR) is 88.2 cm³/mol. The standard InChI is InChI=1S/C18H23N3O2/c1-3-16-15(12-21(2)20-16)18(22)19-11-14-9-10-23-17(14)13-7-5-4-6-8-13/h4-8,12,14,17H,3,9-11H2,1-2H3,(H,19,22)/t14-,17-/m1/s1. The van der Waals surface area contributed by atoms with Crippen molar-refractivity contribution in [2.75, 3.05) is 13.2 Å². The molecular weight excluding hydrogens is 290 g/mol. The zero-order valence-corrected chi connectivity index (χ0v) is 13.7. The van der Waals surface area contributed by atoms with Gasteiger partial charge in [0.1, 0.15) is 0 Å². The molecule has 2 aromatic rings. The number of aromatic nitrogens is 2. The van der Waals surface area contributed by atoms with Gasteiger partial charge in [0, 0.05) is 32.3 Å². The molecule has 1 fully saturated rings. The molecule has 1 amide bonds. The largest absolute Gasteiger partial charge is 0.373 e. The molecule has 1 saturated heterocycles. The van der Waals surface area contributed by atoms with E-state index in [2.05, 4.69) is 22.5 Å². The van der Waals surface area contributed by atoms with E-state index < -0.39 is 0 Å². The number of nitrogens with zero attached hydrogens (tertiary/aromatic N) is 2. The molecule has 0 bridgehead atoms. The summed E-state index contributed by atoms with van der Waals surface area (Å²) in [5.41, 5.74) is 2.69. The minimum Gasteiger partial charge on any atom is -0.373 e. The van der Waals surface area contributed by atoms with E-state index in [0.717, 1.165) is 25.1 Å². The van der Waals surface area contributed by atoms with Crippen LogP contribution in [-0.2, 0) is 18.2 Å². The molecule has 1 N–H and O–H groups in total. The average molecular weight is 313 g/mol. The van der Waals surface area contributed by atoms with Gasteiger partial charge < -0.3 is 10.1 Å². The Morgan fingerprint density at radius 1 is 1.39 bits per heavy atom. The molecule has 2 atom stereocenters. The molecule has 1 aromatic heterocycles. The van der Waals surface area contributed by atoms with Crippen LogP contribution in [0.4, 0.5) is 0 Å². The van der Waals surface area contributed by atoms with Crippen LogP contribution in [0.25, 0.3) is 0 Å². The van der Waals surface area contributed by atoms with Crippen LogP contribution in [0, 0.1) is 5.92 Å². The number of hydrogen-bond donors (Lipinski definition) is 1. The summed E-state index contributed by atoms with van der Waals surface area (Å²) in [5.74, 6) is 0.261. The summed E-state index contributed by atoms with van der Waals surface area (Å²) in [4.78, 5) is 12.4. The second kappa shape index (κ2) is 6.96. The van der Waals surface area contributed by atoms with Crippen molar-refractivity contribution < 1.29 is 9.53 Å². The summed E-state index contributed by atoms with van der Waals surface area (Å²) in [6.07, 6.45) is 3.57. The van der Waals surface area contributed by atoms with Crippen LogP contribution in [0.2, 0.25) is 0 Å². The van der Waals surface area contributed by atoms with Crippen LogP contribution < -0.4 is 5.32 Å². The lowest BCUT2D eigenvalue weighted by atomic mass is 9.95. The number of aryl methyl sites for hydroxylation is 2. The molecule has 0 spiro atoms. The molecule has 5 heteroatoms. The number of ether oxygens (including phenoxy) is 1. The maximum atomic E-state index is 12.4. The fourth-order valence-electron chi connectivity index (χ4n) is 3.16. The summed E-state index contributed by atoms with van der Waals surface area (Å²) in [7, 11) is 1.84. The van der Waals surface area contributed by atoms with Gasteiger partial charge in [-0.3, -0.25) is 9.48 Å². The number of rotatable bonds is 5. The normalized spacial score (nSPS) is 20.6. The van der Waals surface area contributed by atoms with Gasteiger partial charge in [-0.05, 0) is 18.4 Å². The minimum atomic E-state index is -0.0475. The van der Waals surface area contributed by atoms with Gasteiger partial charge in [-0.25, -0.2) is 0 Å². The lowest BCUT2D eigenvalue weighted by Gasteiger charge is -2.19. The number of hydrogen-bond acceptors (Lipinski definition) is 3. The third-order valence-electron chi connectivity index (χ3n) is 4.35. The van der Waals surface area contributed by atoms with Gasteiger partial charge in [0.05, 0.1) is 17.4 Å². The SMILES string of the molecule is CCc1nn(C)cc1C(=O)NC[C@H]1CCO[C@@H]1c1ccccc1. The highest BCUT2D eigenvalue weighted by Gasteiger charge is 2.30. The summed E-state index contributed by atoms with van der Waals surface area (Å²) in [5, 5.41) is 7.38. The third-order valence-corrected chi connectivity index (χ3v) is 4.35. The fraction of sp³-hybridized carbons (Fsp3) is 0.444.